The minimum absolute atomic E-state index is 0.0445. The molecule has 2 amide bonds. The van der Waals surface area contributed by atoms with Crippen molar-refractivity contribution in [2.24, 2.45) is 5.73 Å². The van der Waals surface area contributed by atoms with Gasteiger partial charge >= 0.3 is 0 Å². The van der Waals surface area contributed by atoms with Crippen LogP contribution in [0.4, 0.5) is 0 Å². The van der Waals surface area contributed by atoms with Gasteiger partial charge in [0.25, 0.3) is 5.91 Å². The van der Waals surface area contributed by atoms with E-state index in [4.69, 9.17) is 11.1 Å². The lowest BCUT2D eigenvalue weighted by atomic mass is 10.0. The van der Waals surface area contributed by atoms with Crippen LogP contribution in [0.1, 0.15) is 35.7 Å². The smallest absolute Gasteiger partial charge is 0.251 e. The van der Waals surface area contributed by atoms with Crippen LogP contribution >= 0.6 is 0 Å². The van der Waals surface area contributed by atoms with Crippen molar-refractivity contribution in [3.05, 3.63) is 96.1 Å². The first kappa shape index (κ1) is 27.1. The molecule has 6 N–H and O–H groups in total. The summed E-state index contributed by atoms with van der Waals surface area (Å²) in [6, 6.07) is 26.9. The first-order chi connectivity index (χ1) is 19.4. The van der Waals surface area contributed by atoms with E-state index in [-0.39, 0.29) is 29.9 Å². The summed E-state index contributed by atoms with van der Waals surface area (Å²) in [5.41, 5.74) is 7.36. The number of fused-ring (bicyclic) bond motifs is 2. The second kappa shape index (κ2) is 12.2. The standard InChI is InChI=1S/C32H36N6O2/c1-2-28(37-32(33)34)29-31(40)38(20-25-12-7-11-22-9-5-6-13-27(22)25)17-16-26(36-29)19-35-30(39)24-15-14-21-8-3-4-10-23(21)18-24/h3-15,18,26,28-29,36H,2,16-17,19-20H2,1H3,(H,35,39)(H4,33,34,37)/t26-,28?,29-/m0/s1. The van der Waals surface area contributed by atoms with Gasteiger partial charge < -0.3 is 21.3 Å². The Labute approximate surface area is 234 Å². The lowest BCUT2D eigenvalue weighted by Crippen LogP contribution is -2.59. The molecule has 1 aliphatic heterocycles. The van der Waals surface area contributed by atoms with Crippen LogP contribution in [-0.4, -0.2) is 53.9 Å². The Morgan fingerprint density at radius 2 is 1.75 bits per heavy atom. The molecule has 1 unspecified atom stereocenters. The largest absolute Gasteiger partial charge is 0.370 e. The summed E-state index contributed by atoms with van der Waals surface area (Å²) in [7, 11) is 0. The third-order valence-corrected chi connectivity index (χ3v) is 7.69. The number of carbonyl (C=O) groups is 2. The third-order valence-electron chi connectivity index (χ3n) is 7.69. The van der Waals surface area contributed by atoms with Gasteiger partial charge in [0.2, 0.25) is 5.91 Å². The SMILES string of the molecule is CCC(NC(=N)N)[C@@H]1N[C@H](CNC(=O)c2ccc3ccccc3c2)CCN(Cc2cccc3ccccc23)C1=O. The van der Waals surface area contributed by atoms with Crippen LogP contribution < -0.4 is 21.7 Å². The van der Waals surface area contributed by atoms with Gasteiger partial charge in [-0.1, -0.05) is 79.7 Å². The lowest BCUT2D eigenvalue weighted by molar-refractivity contribution is -0.133. The summed E-state index contributed by atoms with van der Waals surface area (Å²) < 4.78 is 0. The molecule has 4 aromatic carbocycles. The van der Waals surface area contributed by atoms with Gasteiger partial charge in [-0.2, -0.15) is 0 Å². The van der Waals surface area contributed by atoms with Gasteiger partial charge in [-0.25, -0.2) is 0 Å². The molecule has 0 bridgehead atoms. The summed E-state index contributed by atoms with van der Waals surface area (Å²) in [5, 5.41) is 21.7. The number of hydrogen-bond acceptors (Lipinski definition) is 4. The first-order valence-corrected chi connectivity index (χ1v) is 13.8. The summed E-state index contributed by atoms with van der Waals surface area (Å²) in [4.78, 5) is 28.9. The van der Waals surface area contributed by atoms with Crippen molar-refractivity contribution >= 4 is 39.3 Å². The zero-order valence-electron chi connectivity index (χ0n) is 22.7. The van der Waals surface area contributed by atoms with E-state index < -0.39 is 6.04 Å². The van der Waals surface area contributed by atoms with Gasteiger partial charge in [0.1, 0.15) is 6.04 Å². The fourth-order valence-corrected chi connectivity index (χ4v) is 5.54. The Balaban J connectivity index is 1.34. The van der Waals surface area contributed by atoms with E-state index in [1.165, 1.54) is 0 Å². The van der Waals surface area contributed by atoms with Crippen LogP contribution in [0.2, 0.25) is 0 Å². The van der Waals surface area contributed by atoms with Crippen molar-refractivity contribution in [3.8, 4) is 0 Å². The minimum atomic E-state index is -0.603. The molecular weight excluding hydrogens is 500 g/mol. The number of benzene rings is 4. The molecule has 0 aliphatic carbocycles. The van der Waals surface area contributed by atoms with Crippen molar-refractivity contribution in [1.82, 2.24) is 20.9 Å². The van der Waals surface area contributed by atoms with Gasteiger partial charge in [-0.15, -0.1) is 0 Å². The molecule has 1 saturated heterocycles. The van der Waals surface area contributed by atoms with Crippen LogP contribution in [0.3, 0.4) is 0 Å². The van der Waals surface area contributed by atoms with Gasteiger partial charge in [-0.3, -0.25) is 20.3 Å². The molecule has 8 nitrogen and oxygen atoms in total. The fourth-order valence-electron chi connectivity index (χ4n) is 5.54. The van der Waals surface area contributed by atoms with Crippen LogP contribution in [-0.2, 0) is 11.3 Å². The van der Waals surface area contributed by atoms with Crippen LogP contribution in [0.15, 0.2) is 84.9 Å². The number of nitrogens with one attached hydrogen (secondary N) is 4. The lowest BCUT2D eigenvalue weighted by Gasteiger charge is -2.31. The Morgan fingerprint density at radius 3 is 2.52 bits per heavy atom. The number of hydrogen-bond donors (Lipinski definition) is 5. The third kappa shape index (κ3) is 6.07. The van der Waals surface area contributed by atoms with Gasteiger partial charge in [0, 0.05) is 31.2 Å². The highest BCUT2D eigenvalue weighted by atomic mass is 16.2. The molecule has 0 spiro atoms. The van der Waals surface area contributed by atoms with Gasteiger partial charge in [-0.05, 0) is 52.1 Å². The average molecular weight is 537 g/mol. The highest BCUT2D eigenvalue weighted by molar-refractivity contribution is 5.98. The maximum atomic E-state index is 13.9. The summed E-state index contributed by atoms with van der Waals surface area (Å²) in [6.07, 6.45) is 1.27. The van der Waals surface area contributed by atoms with Crippen LogP contribution in [0.25, 0.3) is 21.5 Å². The van der Waals surface area contributed by atoms with Crippen molar-refractivity contribution in [2.45, 2.75) is 44.4 Å². The van der Waals surface area contributed by atoms with E-state index in [0.717, 1.165) is 27.1 Å². The maximum absolute atomic E-state index is 13.9. The van der Waals surface area contributed by atoms with E-state index in [0.29, 0.717) is 38.0 Å². The van der Waals surface area contributed by atoms with Crippen molar-refractivity contribution in [1.29, 1.82) is 5.41 Å². The average Bonchev–Trinajstić information content (AvgIpc) is 3.13. The summed E-state index contributed by atoms with van der Waals surface area (Å²) in [5.74, 6) is -0.370. The normalized spacial score (nSPS) is 18.3. The van der Waals surface area contributed by atoms with Gasteiger partial charge in [0.05, 0.1) is 6.04 Å². The van der Waals surface area contributed by atoms with E-state index in [1.807, 2.05) is 72.5 Å². The first-order valence-electron chi connectivity index (χ1n) is 13.8. The molecular formula is C32H36N6O2. The molecule has 3 atom stereocenters. The summed E-state index contributed by atoms with van der Waals surface area (Å²) in [6.45, 7) is 3.35. The van der Waals surface area contributed by atoms with E-state index in [2.05, 4.69) is 40.2 Å². The van der Waals surface area contributed by atoms with E-state index >= 15 is 0 Å². The number of amides is 2. The second-order valence-electron chi connectivity index (χ2n) is 10.4. The topological polar surface area (TPSA) is 123 Å². The molecule has 1 aliphatic rings. The Kier molecular flexibility index (Phi) is 8.26. The maximum Gasteiger partial charge on any atom is 0.251 e. The molecule has 0 saturated carbocycles. The second-order valence-corrected chi connectivity index (χ2v) is 10.4. The molecule has 1 heterocycles. The molecule has 0 radical (unpaired) electrons. The molecule has 1 fully saturated rings. The molecule has 40 heavy (non-hydrogen) atoms. The molecule has 4 aromatic rings. The van der Waals surface area contributed by atoms with Crippen molar-refractivity contribution in [2.75, 3.05) is 13.1 Å². The monoisotopic (exact) mass is 536 g/mol. The molecule has 5 rings (SSSR count). The number of nitrogens with zero attached hydrogens (tertiary/aromatic N) is 1. The van der Waals surface area contributed by atoms with Crippen LogP contribution in [0, 0.1) is 5.41 Å². The van der Waals surface area contributed by atoms with Crippen LogP contribution in [0.5, 0.6) is 0 Å². The minimum Gasteiger partial charge on any atom is -0.370 e. The van der Waals surface area contributed by atoms with Gasteiger partial charge in [0.15, 0.2) is 5.96 Å². The Morgan fingerprint density at radius 1 is 1.02 bits per heavy atom. The number of nitrogens with two attached hydrogens (primary N) is 1. The van der Waals surface area contributed by atoms with Crippen molar-refractivity contribution < 1.29 is 9.59 Å². The number of rotatable bonds is 8. The predicted octanol–water partition coefficient (Wildman–Crippen LogP) is 3.74. The zero-order chi connectivity index (χ0) is 28.1. The number of guanidine groups is 1. The highest BCUT2D eigenvalue weighted by Crippen LogP contribution is 2.22. The molecule has 0 aromatic heterocycles. The highest BCUT2D eigenvalue weighted by Gasteiger charge is 2.36. The molecule has 206 valence electrons. The zero-order valence-corrected chi connectivity index (χ0v) is 22.7. The number of carbonyl (C=O) groups excluding carboxylic acids is 2. The predicted molar refractivity (Wildman–Crippen MR) is 160 cm³/mol. The quantitative estimate of drug-likeness (QED) is 0.173. The van der Waals surface area contributed by atoms with Crippen molar-refractivity contribution in [3.63, 3.8) is 0 Å². The Hall–Kier alpha value is -4.43. The van der Waals surface area contributed by atoms with E-state index in [1.54, 1.807) is 0 Å². The summed E-state index contributed by atoms with van der Waals surface area (Å²) >= 11 is 0. The van der Waals surface area contributed by atoms with E-state index in [9.17, 15) is 9.59 Å². The Bertz CT molecular complexity index is 1530. The molecule has 8 heteroatoms. The fraction of sp³-hybridized carbons (Fsp3) is 0.281.